The number of aromatic nitrogens is 1. The van der Waals surface area contributed by atoms with Gasteiger partial charge in [0.1, 0.15) is 17.9 Å². The molecule has 2 aliphatic heterocycles. The minimum atomic E-state index is -0.558. The second kappa shape index (κ2) is 5.26. The second-order valence-electron chi connectivity index (χ2n) is 6.30. The fourth-order valence-electron chi connectivity index (χ4n) is 3.46. The molecule has 1 fully saturated rings. The van der Waals surface area contributed by atoms with Crippen molar-refractivity contribution in [3.8, 4) is 5.75 Å². The highest BCUT2D eigenvalue weighted by atomic mass is 16.5. The van der Waals surface area contributed by atoms with E-state index in [1.807, 2.05) is 47.3 Å². The molecule has 0 bridgehead atoms. The number of carbonyl (C=O) groups is 2. The van der Waals surface area contributed by atoms with Gasteiger partial charge in [-0.1, -0.05) is 12.1 Å². The molecule has 23 heavy (non-hydrogen) atoms. The molecule has 3 heterocycles. The highest BCUT2D eigenvalue weighted by molar-refractivity contribution is 6.00. The highest BCUT2D eigenvalue weighted by Crippen LogP contribution is 2.38. The van der Waals surface area contributed by atoms with E-state index in [1.54, 1.807) is 11.0 Å². The Hall–Kier alpha value is -2.56. The van der Waals surface area contributed by atoms with Crippen molar-refractivity contribution >= 4 is 11.7 Å². The van der Waals surface area contributed by atoms with Gasteiger partial charge < -0.3 is 14.2 Å². The zero-order valence-corrected chi connectivity index (χ0v) is 12.8. The van der Waals surface area contributed by atoms with Crippen molar-refractivity contribution in [3.63, 3.8) is 0 Å². The lowest BCUT2D eigenvalue weighted by atomic mass is 9.89. The van der Waals surface area contributed by atoms with Gasteiger partial charge in [0.25, 0.3) is 0 Å². The Kier molecular flexibility index (Phi) is 3.22. The van der Waals surface area contributed by atoms with Gasteiger partial charge in [0.15, 0.2) is 5.78 Å². The number of rotatable bonds is 2. The highest BCUT2D eigenvalue weighted by Gasteiger charge is 2.46. The Morgan fingerprint density at radius 1 is 1.17 bits per heavy atom. The molecule has 1 amide bonds. The number of benzene rings is 1. The molecule has 0 saturated carbocycles. The van der Waals surface area contributed by atoms with Crippen LogP contribution < -0.4 is 4.74 Å². The van der Waals surface area contributed by atoms with Crippen molar-refractivity contribution in [1.82, 2.24) is 9.47 Å². The number of ketones is 1. The van der Waals surface area contributed by atoms with Crippen molar-refractivity contribution < 1.29 is 14.3 Å². The lowest BCUT2D eigenvalue weighted by Crippen LogP contribution is -2.45. The van der Waals surface area contributed by atoms with Crippen LogP contribution in [0.25, 0.3) is 0 Å². The van der Waals surface area contributed by atoms with Crippen LogP contribution in [0.5, 0.6) is 5.75 Å². The first kappa shape index (κ1) is 14.1. The van der Waals surface area contributed by atoms with E-state index >= 15 is 0 Å². The number of hydrogen-bond acceptors (Lipinski definition) is 3. The summed E-state index contributed by atoms with van der Waals surface area (Å²) in [6.45, 7) is 1.44. The monoisotopic (exact) mass is 310 g/mol. The number of Topliss-reactive ketones (excluding diaryl/α,β-unsaturated/α-hetero) is 1. The number of ether oxygens (including phenoxy) is 1. The summed E-state index contributed by atoms with van der Waals surface area (Å²) in [6, 6.07) is 11.2. The molecule has 118 valence electrons. The van der Waals surface area contributed by atoms with Crippen LogP contribution in [-0.2, 0) is 11.3 Å². The zero-order chi connectivity index (χ0) is 15.9. The van der Waals surface area contributed by atoms with Crippen LogP contribution in [0, 0.1) is 0 Å². The van der Waals surface area contributed by atoms with Crippen LogP contribution in [0.4, 0.5) is 0 Å². The lowest BCUT2D eigenvalue weighted by Gasteiger charge is -2.34. The Morgan fingerprint density at radius 3 is 2.78 bits per heavy atom. The summed E-state index contributed by atoms with van der Waals surface area (Å²) < 4.78 is 8.00. The molecule has 1 spiro atoms. The Bertz CT molecular complexity index is 753. The summed E-state index contributed by atoms with van der Waals surface area (Å²) in [7, 11) is 0. The topological polar surface area (TPSA) is 51.5 Å². The summed E-state index contributed by atoms with van der Waals surface area (Å²) in [6.07, 6.45) is 4.79. The summed E-state index contributed by atoms with van der Waals surface area (Å²) in [5, 5.41) is 0. The van der Waals surface area contributed by atoms with Gasteiger partial charge in [-0.25, -0.2) is 0 Å². The Labute approximate surface area is 134 Å². The molecule has 0 aliphatic carbocycles. The van der Waals surface area contributed by atoms with Gasteiger partial charge in [-0.15, -0.1) is 0 Å². The standard InChI is InChI=1S/C18H18N2O3/c21-15-11-18(23-16-6-2-1-5-14(15)16)7-10-20(13-18)17(22)12-19-8-3-4-9-19/h1-6,8-9H,7,10-13H2. The largest absolute Gasteiger partial charge is 0.484 e. The fourth-order valence-corrected chi connectivity index (χ4v) is 3.46. The molecule has 1 unspecified atom stereocenters. The molecule has 5 heteroatoms. The van der Waals surface area contributed by atoms with E-state index in [0.717, 1.165) is 0 Å². The predicted octanol–water partition coefficient (Wildman–Crippen LogP) is 2.12. The molecular weight excluding hydrogens is 292 g/mol. The maximum atomic E-state index is 12.4. The van der Waals surface area contributed by atoms with E-state index in [9.17, 15) is 9.59 Å². The van der Waals surface area contributed by atoms with Crippen molar-refractivity contribution in [2.45, 2.75) is 25.0 Å². The minimum absolute atomic E-state index is 0.0629. The van der Waals surface area contributed by atoms with Gasteiger partial charge >= 0.3 is 0 Å². The first-order chi connectivity index (χ1) is 11.2. The first-order valence-corrected chi connectivity index (χ1v) is 7.85. The number of hydrogen-bond donors (Lipinski definition) is 0. The van der Waals surface area contributed by atoms with Gasteiger partial charge in [-0.2, -0.15) is 0 Å². The molecular formula is C18H18N2O3. The third-order valence-electron chi connectivity index (χ3n) is 4.65. The molecule has 4 rings (SSSR count). The lowest BCUT2D eigenvalue weighted by molar-refractivity contribution is -0.131. The number of fused-ring (bicyclic) bond motifs is 1. The maximum Gasteiger partial charge on any atom is 0.242 e. The average molecular weight is 310 g/mol. The summed E-state index contributed by atoms with van der Waals surface area (Å²) in [5.74, 6) is 0.808. The number of nitrogens with zero attached hydrogens (tertiary/aromatic N) is 2. The Balaban J connectivity index is 1.50. The average Bonchev–Trinajstić information content (AvgIpc) is 3.18. The smallest absolute Gasteiger partial charge is 0.242 e. The second-order valence-corrected chi connectivity index (χ2v) is 6.30. The molecule has 1 aromatic heterocycles. The van der Waals surface area contributed by atoms with E-state index < -0.39 is 5.60 Å². The third kappa shape index (κ3) is 2.52. The van der Waals surface area contributed by atoms with Gasteiger partial charge in [-0.3, -0.25) is 9.59 Å². The minimum Gasteiger partial charge on any atom is -0.484 e. The fraction of sp³-hybridized carbons (Fsp3) is 0.333. The van der Waals surface area contributed by atoms with E-state index in [0.29, 0.717) is 43.8 Å². The van der Waals surface area contributed by atoms with E-state index in [1.165, 1.54) is 0 Å². The molecule has 2 aromatic rings. The van der Waals surface area contributed by atoms with Crippen LogP contribution in [0.1, 0.15) is 23.2 Å². The molecule has 5 nitrogen and oxygen atoms in total. The third-order valence-corrected chi connectivity index (χ3v) is 4.65. The Morgan fingerprint density at radius 2 is 1.96 bits per heavy atom. The summed E-state index contributed by atoms with van der Waals surface area (Å²) >= 11 is 0. The quantitative estimate of drug-likeness (QED) is 0.854. The number of para-hydroxylation sites is 1. The van der Waals surface area contributed by atoms with Gasteiger partial charge in [-0.05, 0) is 24.3 Å². The maximum absolute atomic E-state index is 12.4. The van der Waals surface area contributed by atoms with Crippen LogP contribution in [-0.4, -0.2) is 39.8 Å². The normalized spacial score (nSPS) is 23.0. The molecule has 1 saturated heterocycles. The summed E-state index contributed by atoms with van der Waals surface area (Å²) in [5.41, 5.74) is 0.0906. The molecule has 0 N–H and O–H groups in total. The van der Waals surface area contributed by atoms with E-state index in [4.69, 9.17) is 4.74 Å². The van der Waals surface area contributed by atoms with Gasteiger partial charge in [0.2, 0.25) is 5.91 Å². The van der Waals surface area contributed by atoms with E-state index in [2.05, 4.69) is 0 Å². The molecule has 1 aromatic carbocycles. The van der Waals surface area contributed by atoms with Crippen LogP contribution in [0.15, 0.2) is 48.8 Å². The molecule has 0 radical (unpaired) electrons. The molecule has 2 aliphatic rings. The van der Waals surface area contributed by atoms with E-state index in [-0.39, 0.29) is 11.7 Å². The van der Waals surface area contributed by atoms with Crippen molar-refractivity contribution in [2.24, 2.45) is 0 Å². The number of likely N-dealkylation sites (tertiary alicyclic amines) is 1. The first-order valence-electron chi connectivity index (χ1n) is 7.85. The van der Waals surface area contributed by atoms with Crippen LogP contribution in [0.3, 0.4) is 0 Å². The van der Waals surface area contributed by atoms with Crippen LogP contribution >= 0.6 is 0 Å². The predicted molar refractivity (Wildman–Crippen MR) is 84.4 cm³/mol. The zero-order valence-electron chi connectivity index (χ0n) is 12.8. The van der Waals surface area contributed by atoms with Crippen molar-refractivity contribution in [1.29, 1.82) is 0 Å². The SMILES string of the molecule is O=C1CC2(CCN(C(=O)Cn3cccc3)C2)Oc2ccccc21. The number of carbonyl (C=O) groups excluding carboxylic acids is 2. The molecule has 1 atom stereocenters. The van der Waals surface area contributed by atoms with Gasteiger partial charge in [0.05, 0.1) is 18.5 Å². The van der Waals surface area contributed by atoms with Gasteiger partial charge in [0, 0.05) is 25.4 Å². The summed E-state index contributed by atoms with van der Waals surface area (Å²) in [4.78, 5) is 26.6. The number of amides is 1. The van der Waals surface area contributed by atoms with Crippen LogP contribution in [0.2, 0.25) is 0 Å². The van der Waals surface area contributed by atoms with Crippen molar-refractivity contribution in [3.05, 3.63) is 54.4 Å². The van der Waals surface area contributed by atoms with Crippen molar-refractivity contribution in [2.75, 3.05) is 13.1 Å².